The van der Waals surface area contributed by atoms with Crippen LogP contribution in [0.4, 0.5) is 17.5 Å². The fraction of sp³-hybridized carbons (Fsp3) is 0.188. The molecule has 5 heteroatoms. The van der Waals surface area contributed by atoms with Crippen molar-refractivity contribution in [2.75, 3.05) is 17.2 Å². The summed E-state index contributed by atoms with van der Waals surface area (Å²) in [5.74, 6) is 1.41. The molecule has 0 amide bonds. The molecule has 2 aromatic heterocycles. The van der Waals surface area contributed by atoms with Crippen LogP contribution in [-0.4, -0.2) is 21.5 Å². The topological polar surface area (TPSA) is 62.7 Å². The number of rotatable bonds is 5. The van der Waals surface area contributed by atoms with Crippen molar-refractivity contribution in [3.05, 3.63) is 48.8 Å². The summed E-state index contributed by atoms with van der Waals surface area (Å²) in [7, 11) is 0. The summed E-state index contributed by atoms with van der Waals surface area (Å²) in [5.41, 5.74) is 1.92. The second-order valence-electron chi connectivity index (χ2n) is 4.73. The predicted molar refractivity (Wildman–Crippen MR) is 85.8 cm³/mol. The van der Waals surface area contributed by atoms with E-state index in [-0.39, 0.29) is 0 Å². The summed E-state index contributed by atoms with van der Waals surface area (Å²) in [5, 5.41) is 7.56. The highest BCUT2D eigenvalue weighted by atomic mass is 15.1. The van der Waals surface area contributed by atoms with Gasteiger partial charge in [-0.15, -0.1) is 0 Å². The van der Waals surface area contributed by atoms with E-state index in [9.17, 15) is 0 Å². The van der Waals surface area contributed by atoms with Crippen LogP contribution in [0.25, 0.3) is 10.9 Å². The van der Waals surface area contributed by atoms with E-state index in [1.807, 2.05) is 36.4 Å². The Labute approximate surface area is 123 Å². The lowest BCUT2D eigenvalue weighted by Crippen LogP contribution is -2.04. The zero-order valence-corrected chi connectivity index (χ0v) is 11.9. The summed E-state index contributed by atoms with van der Waals surface area (Å²) in [4.78, 5) is 13.0. The van der Waals surface area contributed by atoms with Gasteiger partial charge in [-0.3, -0.25) is 4.98 Å². The van der Waals surface area contributed by atoms with Crippen LogP contribution in [-0.2, 0) is 0 Å². The maximum atomic E-state index is 4.44. The van der Waals surface area contributed by atoms with Gasteiger partial charge in [0.15, 0.2) is 0 Å². The van der Waals surface area contributed by atoms with Gasteiger partial charge in [-0.25, -0.2) is 4.98 Å². The van der Waals surface area contributed by atoms with Crippen molar-refractivity contribution in [1.29, 1.82) is 0 Å². The third kappa shape index (κ3) is 3.25. The molecule has 106 valence electrons. The van der Waals surface area contributed by atoms with Crippen LogP contribution in [0.15, 0.2) is 48.8 Å². The van der Waals surface area contributed by atoms with Crippen LogP contribution >= 0.6 is 0 Å². The molecule has 21 heavy (non-hydrogen) atoms. The van der Waals surface area contributed by atoms with Gasteiger partial charge in [-0.2, -0.15) is 4.98 Å². The fourth-order valence-corrected chi connectivity index (χ4v) is 2.05. The van der Waals surface area contributed by atoms with Gasteiger partial charge in [0.2, 0.25) is 5.95 Å². The molecule has 0 aliphatic rings. The number of aromatic nitrogens is 3. The molecule has 0 aliphatic heterocycles. The maximum Gasteiger partial charge on any atom is 0.229 e. The zero-order chi connectivity index (χ0) is 14.5. The highest BCUT2D eigenvalue weighted by Gasteiger charge is 2.01. The van der Waals surface area contributed by atoms with Gasteiger partial charge >= 0.3 is 0 Å². The Hall–Kier alpha value is -2.69. The van der Waals surface area contributed by atoms with E-state index in [2.05, 4.69) is 32.5 Å². The smallest absolute Gasteiger partial charge is 0.229 e. The van der Waals surface area contributed by atoms with Crippen molar-refractivity contribution < 1.29 is 0 Å². The molecule has 5 nitrogen and oxygen atoms in total. The molecule has 3 rings (SSSR count). The predicted octanol–water partition coefficient (Wildman–Crippen LogP) is 3.59. The molecule has 2 heterocycles. The Morgan fingerprint density at radius 2 is 2.00 bits per heavy atom. The van der Waals surface area contributed by atoms with E-state index in [1.54, 1.807) is 12.4 Å². The highest BCUT2D eigenvalue weighted by molar-refractivity contribution is 5.82. The molecule has 3 aromatic rings. The molecule has 2 N–H and O–H groups in total. The number of nitrogens with zero attached hydrogens (tertiary/aromatic N) is 3. The summed E-state index contributed by atoms with van der Waals surface area (Å²) < 4.78 is 0. The third-order valence-corrected chi connectivity index (χ3v) is 3.07. The van der Waals surface area contributed by atoms with Crippen molar-refractivity contribution in [2.45, 2.75) is 13.3 Å². The van der Waals surface area contributed by atoms with Crippen molar-refractivity contribution in [1.82, 2.24) is 15.0 Å². The van der Waals surface area contributed by atoms with Crippen molar-refractivity contribution in [3.63, 3.8) is 0 Å². The summed E-state index contributed by atoms with van der Waals surface area (Å²) in [6.45, 7) is 3.02. The first-order valence-corrected chi connectivity index (χ1v) is 7.04. The van der Waals surface area contributed by atoms with Gasteiger partial charge in [0.25, 0.3) is 0 Å². The Bertz CT molecular complexity index is 741. The van der Waals surface area contributed by atoms with Crippen LogP contribution in [0.5, 0.6) is 0 Å². The number of nitrogens with one attached hydrogen (secondary N) is 2. The van der Waals surface area contributed by atoms with Crippen molar-refractivity contribution in [2.24, 2.45) is 0 Å². The molecule has 0 aliphatic carbocycles. The Morgan fingerprint density at radius 3 is 2.90 bits per heavy atom. The minimum absolute atomic E-state index is 0.583. The van der Waals surface area contributed by atoms with E-state index < -0.39 is 0 Å². The molecule has 0 bridgehead atoms. The lowest BCUT2D eigenvalue weighted by molar-refractivity contribution is 0.966. The van der Waals surface area contributed by atoms with Gasteiger partial charge in [0.1, 0.15) is 5.82 Å². The third-order valence-electron chi connectivity index (χ3n) is 3.07. The second kappa shape index (κ2) is 6.17. The monoisotopic (exact) mass is 279 g/mol. The minimum Gasteiger partial charge on any atom is -0.370 e. The molecule has 1 aromatic carbocycles. The molecular weight excluding hydrogens is 262 g/mol. The number of hydrogen-bond acceptors (Lipinski definition) is 5. The molecule has 0 saturated heterocycles. The van der Waals surface area contributed by atoms with Crippen LogP contribution in [0.2, 0.25) is 0 Å². The largest absolute Gasteiger partial charge is 0.370 e. The quantitative estimate of drug-likeness (QED) is 0.747. The fourth-order valence-electron chi connectivity index (χ4n) is 2.05. The van der Waals surface area contributed by atoms with Crippen molar-refractivity contribution in [3.8, 4) is 0 Å². The molecule has 0 radical (unpaired) electrons. The molecule has 0 atom stereocenters. The van der Waals surface area contributed by atoms with E-state index in [0.717, 1.165) is 35.4 Å². The SMILES string of the molecule is CCCNc1ccnc(Nc2ccc3ncccc3c2)n1. The van der Waals surface area contributed by atoms with Gasteiger partial charge < -0.3 is 10.6 Å². The number of anilines is 3. The Morgan fingerprint density at radius 1 is 1.05 bits per heavy atom. The standard InChI is InChI=1S/C16H17N5/c1-2-8-18-15-7-10-19-16(21-15)20-13-5-6-14-12(11-13)4-3-9-17-14/h3-7,9-11H,2,8H2,1H3,(H2,18,19,20,21). The van der Waals surface area contributed by atoms with Gasteiger partial charge in [0, 0.05) is 30.0 Å². The van der Waals surface area contributed by atoms with Gasteiger partial charge in [0.05, 0.1) is 5.52 Å². The Kier molecular flexibility index (Phi) is 3.91. The van der Waals surface area contributed by atoms with E-state index in [0.29, 0.717) is 5.95 Å². The lowest BCUT2D eigenvalue weighted by atomic mass is 10.2. The number of fused-ring (bicyclic) bond motifs is 1. The normalized spacial score (nSPS) is 10.5. The summed E-state index contributed by atoms with van der Waals surface area (Å²) >= 11 is 0. The Balaban J connectivity index is 1.81. The molecule has 0 saturated carbocycles. The molecule has 0 unspecified atom stereocenters. The molecule has 0 fully saturated rings. The van der Waals surface area contributed by atoms with E-state index >= 15 is 0 Å². The first kappa shape index (κ1) is 13.3. The second-order valence-corrected chi connectivity index (χ2v) is 4.73. The lowest BCUT2D eigenvalue weighted by Gasteiger charge is -2.08. The first-order chi connectivity index (χ1) is 10.3. The highest BCUT2D eigenvalue weighted by Crippen LogP contribution is 2.19. The summed E-state index contributed by atoms with van der Waals surface area (Å²) in [6, 6.07) is 11.8. The molecular formula is C16H17N5. The average molecular weight is 279 g/mol. The molecule has 0 spiro atoms. The van der Waals surface area contributed by atoms with Crippen LogP contribution in [0.1, 0.15) is 13.3 Å². The first-order valence-electron chi connectivity index (χ1n) is 7.04. The van der Waals surface area contributed by atoms with Gasteiger partial charge in [-0.05, 0) is 36.8 Å². The number of benzene rings is 1. The maximum absolute atomic E-state index is 4.44. The minimum atomic E-state index is 0.583. The van der Waals surface area contributed by atoms with E-state index in [1.165, 1.54) is 0 Å². The van der Waals surface area contributed by atoms with Crippen LogP contribution in [0.3, 0.4) is 0 Å². The zero-order valence-electron chi connectivity index (χ0n) is 11.9. The number of hydrogen-bond donors (Lipinski definition) is 2. The van der Waals surface area contributed by atoms with Crippen molar-refractivity contribution >= 4 is 28.4 Å². The number of pyridine rings is 1. The van der Waals surface area contributed by atoms with Crippen LogP contribution in [0, 0.1) is 0 Å². The van der Waals surface area contributed by atoms with Gasteiger partial charge in [-0.1, -0.05) is 13.0 Å². The van der Waals surface area contributed by atoms with E-state index in [4.69, 9.17) is 0 Å². The van der Waals surface area contributed by atoms with Crippen LogP contribution < -0.4 is 10.6 Å². The summed E-state index contributed by atoms with van der Waals surface area (Å²) in [6.07, 6.45) is 4.60. The average Bonchev–Trinajstić information content (AvgIpc) is 2.53.